The van der Waals surface area contributed by atoms with Gasteiger partial charge in [0.25, 0.3) is 0 Å². The molecular formula is C21H25FN2. The zero-order valence-electron chi connectivity index (χ0n) is 14.2. The third-order valence-corrected chi connectivity index (χ3v) is 5.56. The van der Waals surface area contributed by atoms with Gasteiger partial charge < -0.3 is 5.32 Å². The Morgan fingerprint density at radius 3 is 2.75 bits per heavy atom. The number of benzene rings is 2. The summed E-state index contributed by atoms with van der Waals surface area (Å²) in [5, 5.41) is 3.73. The third-order valence-electron chi connectivity index (χ3n) is 5.56. The fourth-order valence-electron chi connectivity index (χ4n) is 4.52. The van der Waals surface area contributed by atoms with Crippen LogP contribution in [0.3, 0.4) is 0 Å². The Bertz CT molecular complexity index is 700. The number of nitrogens with one attached hydrogen (secondary N) is 1. The van der Waals surface area contributed by atoms with Crippen LogP contribution in [0.15, 0.2) is 48.5 Å². The lowest BCUT2D eigenvalue weighted by Gasteiger charge is -2.46. The number of hydrogen-bond acceptors (Lipinski definition) is 2. The minimum absolute atomic E-state index is 0.140. The first-order chi connectivity index (χ1) is 11.7. The summed E-state index contributed by atoms with van der Waals surface area (Å²) in [6.07, 6.45) is 1.28. The number of fused-ring (bicyclic) bond motifs is 2. The second kappa shape index (κ2) is 6.66. The first-order valence-corrected chi connectivity index (χ1v) is 8.95. The first-order valence-electron chi connectivity index (χ1n) is 8.95. The van der Waals surface area contributed by atoms with Gasteiger partial charge in [0.1, 0.15) is 5.82 Å². The van der Waals surface area contributed by atoms with Crippen LogP contribution in [0, 0.1) is 24.6 Å². The predicted molar refractivity (Wildman–Crippen MR) is 95.2 cm³/mol. The summed E-state index contributed by atoms with van der Waals surface area (Å²) >= 11 is 0. The van der Waals surface area contributed by atoms with Gasteiger partial charge in [0.15, 0.2) is 0 Å². The van der Waals surface area contributed by atoms with Crippen LogP contribution in [-0.2, 0) is 6.54 Å². The molecule has 2 bridgehead atoms. The number of halogens is 1. The summed E-state index contributed by atoms with van der Waals surface area (Å²) in [6, 6.07) is 16.3. The Hall–Kier alpha value is -1.71. The summed E-state index contributed by atoms with van der Waals surface area (Å²) in [6.45, 7) is 6.40. The topological polar surface area (TPSA) is 15.3 Å². The molecule has 0 radical (unpaired) electrons. The van der Waals surface area contributed by atoms with Gasteiger partial charge in [0.2, 0.25) is 0 Å². The quantitative estimate of drug-likeness (QED) is 0.921. The smallest absolute Gasteiger partial charge is 0.123 e. The van der Waals surface area contributed by atoms with Crippen LogP contribution >= 0.6 is 0 Å². The number of piperidine rings is 2. The van der Waals surface area contributed by atoms with Crippen LogP contribution in [0.1, 0.15) is 29.2 Å². The highest BCUT2D eigenvalue weighted by Crippen LogP contribution is 2.37. The summed E-state index contributed by atoms with van der Waals surface area (Å²) < 4.78 is 13.4. The maximum Gasteiger partial charge on any atom is 0.123 e. The van der Waals surface area contributed by atoms with Gasteiger partial charge in [-0.2, -0.15) is 0 Å². The van der Waals surface area contributed by atoms with E-state index in [1.54, 1.807) is 12.1 Å². The third kappa shape index (κ3) is 3.24. The Balaban J connectivity index is 1.51. The minimum Gasteiger partial charge on any atom is -0.309 e. The van der Waals surface area contributed by atoms with E-state index in [9.17, 15) is 4.39 Å². The lowest BCUT2D eigenvalue weighted by Crippen LogP contribution is -2.52. The minimum atomic E-state index is -0.140. The largest absolute Gasteiger partial charge is 0.309 e. The van der Waals surface area contributed by atoms with E-state index in [1.165, 1.54) is 24.1 Å². The van der Waals surface area contributed by atoms with Crippen molar-refractivity contribution >= 4 is 0 Å². The molecule has 2 saturated heterocycles. The van der Waals surface area contributed by atoms with Gasteiger partial charge in [-0.05, 0) is 60.5 Å². The maximum atomic E-state index is 13.4. The molecule has 0 aromatic heterocycles. The SMILES string of the molecule is Cc1cc(F)ccc1[C@@H]1NCC2CC1CN(Cc1ccccc1)C2. The molecule has 2 aliphatic rings. The van der Waals surface area contributed by atoms with Gasteiger partial charge >= 0.3 is 0 Å². The molecule has 2 aliphatic heterocycles. The fraction of sp³-hybridized carbons (Fsp3) is 0.429. The van der Waals surface area contributed by atoms with E-state index in [2.05, 4.69) is 40.5 Å². The zero-order valence-corrected chi connectivity index (χ0v) is 14.2. The lowest BCUT2D eigenvalue weighted by molar-refractivity contribution is 0.0627. The van der Waals surface area contributed by atoms with Gasteiger partial charge in [-0.15, -0.1) is 0 Å². The molecule has 0 aliphatic carbocycles. The Labute approximate surface area is 143 Å². The van der Waals surface area contributed by atoms with Crippen molar-refractivity contribution in [3.63, 3.8) is 0 Å². The van der Waals surface area contributed by atoms with E-state index in [-0.39, 0.29) is 5.82 Å². The molecule has 2 heterocycles. The van der Waals surface area contributed by atoms with Gasteiger partial charge in [-0.3, -0.25) is 4.90 Å². The highest BCUT2D eigenvalue weighted by Gasteiger charge is 2.37. The molecule has 2 unspecified atom stereocenters. The number of rotatable bonds is 3. The van der Waals surface area contributed by atoms with Crippen LogP contribution in [0.25, 0.3) is 0 Å². The highest BCUT2D eigenvalue weighted by molar-refractivity contribution is 5.31. The molecule has 0 amide bonds. The zero-order chi connectivity index (χ0) is 16.5. The average molecular weight is 324 g/mol. The molecule has 1 N–H and O–H groups in total. The molecule has 24 heavy (non-hydrogen) atoms. The molecular weight excluding hydrogens is 299 g/mol. The van der Waals surface area contributed by atoms with E-state index in [4.69, 9.17) is 0 Å². The number of likely N-dealkylation sites (tertiary alicyclic amines) is 1. The molecule has 2 fully saturated rings. The molecule has 0 spiro atoms. The second-order valence-electron chi connectivity index (χ2n) is 7.43. The standard InChI is InChI=1S/C21H25FN2/c1-15-9-19(22)7-8-20(15)21-18-10-17(11-23-21)13-24(14-18)12-16-5-3-2-4-6-16/h2-9,17-18,21,23H,10-14H2,1H3/t17?,18?,21-/m1/s1. The Morgan fingerprint density at radius 2 is 1.96 bits per heavy atom. The highest BCUT2D eigenvalue weighted by atomic mass is 19.1. The van der Waals surface area contributed by atoms with Crippen LogP contribution in [0.5, 0.6) is 0 Å². The van der Waals surface area contributed by atoms with E-state index in [0.717, 1.165) is 31.1 Å². The van der Waals surface area contributed by atoms with E-state index in [1.807, 2.05) is 13.0 Å². The van der Waals surface area contributed by atoms with Crippen molar-refractivity contribution in [3.05, 3.63) is 71.0 Å². The van der Waals surface area contributed by atoms with Crippen molar-refractivity contribution < 1.29 is 4.39 Å². The average Bonchev–Trinajstić information content (AvgIpc) is 2.57. The predicted octanol–water partition coefficient (Wildman–Crippen LogP) is 3.92. The Morgan fingerprint density at radius 1 is 1.12 bits per heavy atom. The normalized spacial score (nSPS) is 27.2. The molecule has 2 aromatic carbocycles. The van der Waals surface area contributed by atoms with Crippen molar-refractivity contribution in [2.75, 3.05) is 19.6 Å². The first kappa shape index (κ1) is 15.8. The van der Waals surface area contributed by atoms with Crippen molar-refractivity contribution in [2.24, 2.45) is 11.8 Å². The van der Waals surface area contributed by atoms with Gasteiger partial charge in [0.05, 0.1) is 0 Å². The second-order valence-corrected chi connectivity index (χ2v) is 7.43. The lowest BCUT2D eigenvalue weighted by atomic mass is 9.77. The molecule has 4 rings (SSSR count). The molecule has 0 saturated carbocycles. The molecule has 126 valence electrons. The van der Waals surface area contributed by atoms with Crippen molar-refractivity contribution in [1.29, 1.82) is 0 Å². The number of hydrogen-bond donors (Lipinski definition) is 1. The fourth-order valence-corrected chi connectivity index (χ4v) is 4.52. The number of aryl methyl sites for hydroxylation is 1. The van der Waals surface area contributed by atoms with Gasteiger partial charge in [-0.25, -0.2) is 4.39 Å². The summed E-state index contributed by atoms with van der Waals surface area (Å²) in [7, 11) is 0. The molecule has 2 nitrogen and oxygen atoms in total. The van der Waals surface area contributed by atoms with Crippen LogP contribution < -0.4 is 5.32 Å². The molecule has 3 atom stereocenters. The van der Waals surface area contributed by atoms with Crippen LogP contribution in [0.2, 0.25) is 0 Å². The van der Waals surface area contributed by atoms with E-state index in [0.29, 0.717) is 12.0 Å². The van der Waals surface area contributed by atoms with Gasteiger partial charge in [-0.1, -0.05) is 36.4 Å². The van der Waals surface area contributed by atoms with Crippen molar-refractivity contribution in [2.45, 2.75) is 25.9 Å². The maximum absolute atomic E-state index is 13.4. The summed E-state index contributed by atoms with van der Waals surface area (Å²) in [5.41, 5.74) is 3.72. The Kier molecular flexibility index (Phi) is 4.38. The van der Waals surface area contributed by atoms with E-state index < -0.39 is 0 Å². The van der Waals surface area contributed by atoms with Crippen molar-refractivity contribution in [1.82, 2.24) is 10.2 Å². The summed E-state index contributed by atoms with van der Waals surface area (Å²) in [5.74, 6) is 1.19. The molecule has 3 heteroatoms. The van der Waals surface area contributed by atoms with Crippen LogP contribution in [0.4, 0.5) is 4.39 Å². The van der Waals surface area contributed by atoms with Crippen LogP contribution in [-0.4, -0.2) is 24.5 Å². The summed E-state index contributed by atoms with van der Waals surface area (Å²) in [4.78, 5) is 2.60. The molecule has 2 aromatic rings. The monoisotopic (exact) mass is 324 g/mol. The number of nitrogens with zero attached hydrogens (tertiary/aromatic N) is 1. The van der Waals surface area contributed by atoms with E-state index >= 15 is 0 Å². The van der Waals surface area contributed by atoms with Gasteiger partial charge in [0, 0.05) is 25.7 Å². The van der Waals surface area contributed by atoms with Crippen molar-refractivity contribution in [3.8, 4) is 0 Å².